The number of nitro groups is 1. The number of rotatable bonds is 8. The average molecular weight is 398 g/mol. The molecule has 1 N–H and O–H groups in total. The van der Waals surface area contributed by atoms with Crippen LogP contribution in [-0.2, 0) is 16.4 Å². The number of nitrogens with one attached hydrogen (secondary N) is 1. The van der Waals surface area contributed by atoms with Crippen LogP contribution in [0.25, 0.3) is 0 Å². The summed E-state index contributed by atoms with van der Waals surface area (Å²) in [6.07, 6.45) is 0.727. The molecule has 0 radical (unpaired) electrons. The van der Waals surface area contributed by atoms with Crippen molar-refractivity contribution in [1.29, 1.82) is 0 Å². The Balaban J connectivity index is 1.68. The number of non-ortho nitro benzene ring substituents is 1. The van der Waals surface area contributed by atoms with Gasteiger partial charge in [0.2, 0.25) is 0 Å². The van der Waals surface area contributed by atoms with Crippen LogP contribution < -0.4 is 9.46 Å². The van der Waals surface area contributed by atoms with Crippen molar-refractivity contribution >= 4 is 21.4 Å². The molecule has 0 saturated carbocycles. The SMILES string of the molecule is O=[N+]([O-])c1cccc(S(=O)(=O)Nc2cccc(OCCc3ccccc3)c2)c1. The summed E-state index contributed by atoms with van der Waals surface area (Å²) in [5.74, 6) is 0.523. The number of nitro benzene ring substituents is 1. The molecule has 144 valence electrons. The first-order valence-electron chi connectivity index (χ1n) is 8.48. The molecule has 0 atom stereocenters. The molecule has 7 nitrogen and oxygen atoms in total. The fourth-order valence-corrected chi connectivity index (χ4v) is 3.65. The lowest BCUT2D eigenvalue weighted by molar-refractivity contribution is -0.385. The number of benzene rings is 3. The van der Waals surface area contributed by atoms with Crippen LogP contribution in [0.2, 0.25) is 0 Å². The summed E-state index contributed by atoms with van der Waals surface area (Å²) in [6.45, 7) is 0.450. The molecule has 0 heterocycles. The Hall–Kier alpha value is -3.39. The lowest BCUT2D eigenvalue weighted by Gasteiger charge is -2.11. The van der Waals surface area contributed by atoms with Gasteiger partial charge in [-0.05, 0) is 23.8 Å². The summed E-state index contributed by atoms with van der Waals surface area (Å²) in [4.78, 5) is 10.0. The predicted molar refractivity (Wildman–Crippen MR) is 106 cm³/mol. The van der Waals surface area contributed by atoms with Gasteiger partial charge >= 0.3 is 0 Å². The van der Waals surface area contributed by atoms with E-state index in [9.17, 15) is 18.5 Å². The van der Waals surface area contributed by atoms with Crippen molar-refractivity contribution in [2.45, 2.75) is 11.3 Å². The third-order valence-electron chi connectivity index (χ3n) is 3.93. The largest absolute Gasteiger partial charge is 0.493 e. The summed E-state index contributed by atoms with van der Waals surface area (Å²) in [5, 5.41) is 10.9. The van der Waals surface area contributed by atoms with Crippen LogP contribution >= 0.6 is 0 Å². The minimum atomic E-state index is -3.96. The molecule has 0 fully saturated rings. The van der Waals surface area contributed by atoms with Crippen LogP contribution in [0.4, 0.5) is 11.4 Å². The molecule has 0 aliphatic rings. The molecule has 0 aliphatic heterocycles. The molecule has 3 aromatic carbocycles. The molecular formula is C20H18N2O5S. The minimum absolute atomic E-state index is 0.183. The highest BCUT2D eigenvalue weighted by atomic mass is 32.2. The second kappa shape index (κ2) is 8.53. The lowest BCUT2D eigenvalue weighted by Crippen LogP contribution is -2.13. The van der Waals surface area contributed by atoms with Gasteiger partial charge in [-0.2, -0.15) is 0 Å². The summed E-state index contributed by atoms with van der Waals surface area (Å²) in [7, 11) is -3.96. The molecule has 0 spiro atoms. The first kappa shape index (κ1) is 19.4. The van der Waals surface area contributed by atoms with Crippen LogP contribution in [0, 0.1) is 10.1 Å². The number of hydrogen-bond acceptors (Lipinski definition) is 5. The zero-order valence-electron chi connectivity index (χ0n) is 14.8. The molecule has 0 unspecified atom stereocenters. The fraction of sp³-hybridized carbons (Fsp3) is 0.100. The van der Waals surface area contributed by atoms with E-state index >= 15 is 0 Å². The first-order chi connectivity index (χ1) is 13.4. The Morgan fingerprint density at radius 2 is 1.68 bits per heavy atom. The number of ether oxygens (including phenoxy) is 1. The maximum absolute atomic E-state index is 12.5. The van der Waals surface area contributed by atoms with E-state index in [1.54, 1.807) is 24.3 Å². The summed E-state index contributed by atoms with van der Waals surface area (Å²) in [6, 6.07) is 21.3. The second-order valence-electron chi connectivity index (χ2n) is 5.97. The Morgan fingerprint density at radius 1 is 0.929 bits per heavy atom. The zero-order valence-corrected chi connectivity index (χ0v) is 15.6. The maximum atomic E-state index is 12.5. The van der Waals surface area contributed by atoms with Crippen molar-refractivity contribution < 1.29 is 18.1 Å². The maximum Gasteiger partial charge on any atom is 0.270 e. The molecule has 8 heteroatoms. The lowest BCUT2D eigenvalue weighted by atomic mass is 10.2. The monoisotopic (exact) mass is 398 g/mol. The molecule has 0 saturated heterocycles. The smallest absolute Gasteiger partial charge is 0.270 e. The highest BCUT2D eigenvalue weighted by Gasteiger charge is 2.18. The number of hydrogen-bond donors (Lipinski definition) is 1. The van der Waals surface area contributed by atoms with E-state index in [1.807, 2.05) is 30.3 Å². The van der Waals surface area contributed by atoms with E-state index in [0.29, 0.717) is 18.0 Å². The fourth-order valence-electron chi connectivity index (χ4n) is 2.56. The Kier molecular flexibility index (Phi) is 5.90. The van der Waals surface area contributed by atoms with E-state index in [4.69, 9.17) is 4.74 Å². The van der Waals surface area contributed by atoms with Crippen LogP contribution in [0.1, 0.15) is 5.56 Å². The van der Waals surface area contributed by atoms with Crippen molar-refractivity contribution in [2.24, 2.45) is 0 Å². The molecule has 28 heavy (non-hydrogen) atoms. The Bertz CT molecular complexity index is 1070. The van der Waals surface area contributed by atoms with Crippen LogP contribution in [0.15, 0.2) is 83.8 Å². The van der Waals surface area contributed by atoms with Crippen molar-refractivity contribution in [3.8, 4) is 5.75 Å². The van der Waals surface area contributed by atoms with Crippen molar-refractivity contribution in [2.75, 3.05) is 11.3 Å². The molecule has 3 aromatic rings. The predicted octanol–water partition coefficient (Wildman–Crippen LogP) is 4.02. The average Bonchev–Trinajstić information content (AvgIpc) is 2.69. The third kappa shape index (κ3) is 5.08. The summed E-state index contributed by atoms with van der Waals surface area (Å²) >= 11 is 0. The molecule has 0 amide bonds. The quantitative estimate of drug-likeness (QED) is 0.456. The molecule has 0 aliphatic carbocycles. The van der Waals surface area contributed by atoms with Gasteiger partial charge in [0.1, 0.15) is 5.75 Å². The van der Waals surface area contributed by atoms with Crippen molar-refractivity contribution in [3.63, 3.8) is 0 Å². The first-order valence-corrected chi connectivity index (χ1v) is 9.96. The Labute approximate surface area is 162 Å². The summed E-state index contributed by atoms with van der Waals surface area (Å²) in [5.41, 5.74) is 1.16. The van der Waals surface area contributed by atoms with E-state index in [2.05, 4.69) is 4.72 Å². The number of anilines is 1. The van der Waals surface area contributed by atoms with Gasteiger partial charge in [-0.1, -0.05) is 42.5 Å². The molecular weight excluding hydrogens is 380 g/mol. The highest BCUT2D eigenvalue weighted by molar-refractivity contribution is 7.92. The summed E-state index contributed by atoms with van der Waals surface area (Å²) < 4.78 is 33.1. The van der Waals surface area contributed by atoms with Gasteiger partial charge in [0, 0.05) is 24.6 Å². The Morgan fingerprint density at radius 3 is 2.43 bits per heavy atom. The third-order valence-corrected chi connectivity index (χ3v) is 5.31. The topological polar surface area (TPSA) is 98.5 Å². The van der Waals surface area contributed by atoms with Gasteiger partial charge in [0.25, 0.3) is 15.7 Å². The second-order valence-corrected chi connectivity index (χ2v) is 7.65. The van der Waals surface area contributed by atoms with Gasteiger partial charge in [0.15, 0.2) is 0 Å². The standard InChI is InChI=1S/C20H18N2O5S/c23-22(24)18-9-5-11-20(15-18)28(25,26)21-17-8-4-10-19(14-17)27-13-12-16-6-2-1-3-7-16/h1-11,14-15,21H,12-13H2. The van der Waals surface area contributed by atoms with Crippen LogP contribution in [-0.4, -0.2) is 19.9 Å². The normalized spacial score (nSPS) is 11.0. The van der Waals surface area contributed by atoms with Gasteiger partial charge in [-0.25, -0.2) is 8.42 Å². The van der Waals surface area contributed by atoms with Crippen molar-refractivity contribution in [3.05, 3.63) is 94.5 Å². The molecule has 3 rings (SSSR count). The van der Waals surface area contributed by atoms with E-state index in [0.717, 1.165) is 18.1 Å². The number of nitrogens with zero attached hydrogens (tertiary/aromatic N) is 1. The van der Waals surface area contributed by atoms with Gasteiger partial charge in [-0.15, -0.1) is 0 Å². The highest BCUT2D eigenvalue weighted by Crippen LogP contribution is 2.23. The van der Waals surface area contributed by atoms with E-state index in [-0.39, 0.29) is 10.6 Å². The van der Waals surface area contributed by atoms with Crippen LogP contribution in [0.5, 0.6) is 5.75 Å². The minimum Gasteiger partial charge on any atom is -0.493 e. The van der Waals surface area contributed by atoms with E-state index < -0.39 is 14.9 Å². The van der Waals surface area contributed by atoms with Crippen LogP contribution in [0.3, 0.4) is 0 Å². The van der Waals surface area contributed by atoms with Gasteiger partial charge in [-0.3, -0.25) is 14.8 Å². The van der Waals surface area contributed by atoms with Gasteiger partial charge in [0.05, 0.1) is 22.1 Å². The molecule has 0 aromatic heterocycles. The van der Waals surface area contributed by atoms with Crippen molar-refractivity contribution in [1.82, 2.24) is 0 Å². The molecule has 0 bridgehead atoms. The van der Waals surface area contributed by atoms with E-state index in [1.165, 1.54) is 18.2 Å². The number of sulfonamides is 1. The van der Waals surface area contributed by atoms with Gasteiger partial charge < -0.3 is 4.74 Å². The zero-order chi connectivity index (χ0) is 20.0.